The number of Topliss-reactive ketones (excluding diaryl/α,β-unsaturated/α-hetero) is 1. The van der Waals surface area contributed by atoms with Crippen LogP contribution in [0, 0.1) is 6.92 Å². The van der Waals surface area contributed by atoms with Gasteiger partial charge in [-0.2, -0.15) is 0 Å². The summed E-state index contributed by atoms with van der Waals surface area (Å²) >= 11 is 1.32. The molecule has 0 radical (unpaired) electrons. The molecule has 0 saturated heterocycles. The average Bonchev–Trinajstić information content (AvgIpc) is 2.84. The van der Waals surface area contributed by atoms with Crippen LogP contribution in [0.4, 0.5) is 0 Å². The van der Waals surface area contributed by atoms with Gasteiger partial charge in [-0.3, -0.25) is 9.89 Å². The van der Waals surface area contributed by atoms with E-state index in [2.05, 4.69) is 20.2 Å². The predicted octanol–water partition coefficient (Wildman–Crippen LogP) is 1.42. The van der Waals surface area contributed by atoms with E-state index in [4.69, 9.17) is 0 Å². The molecular weight excluding hydrogens is 212 g/mol. The maximum atomic E-state index is 11.6. The molecule has 5 nitrogen and oxygen atoms in total. The number of carbonyl (C=O) groups is 1. The van der Waals surface area contributed by atoms with Crippen LogP contribution in [0.3, 0.4) is 0 Å². The van der Waals surface area contributed by atoms with Crippen LogP contribution in [0.2, 0.25) is 0 Å². The number of hydrogen-bond acceptors (Lipinski definition) is 4. The van der Waals surface area contributed by atoms with E-state index in [1.54, 1.807) is 18.3 Å². The molecule has 0 fully saturated rings. The van der Waals surface area contributed by atoms with Crippen LogP contribution in [0.5, 0.6) is 0 Å². The summed E-state index contributed by atoms with van der Waals surface area (Å²) in [6.07, 6.45) is 1.73. The second-order valence-corrected chi connectivity index (χ2v) is 3.94. The summed E-state index contributed by atoms with van der Waals surface area (Å²) in [7, 11) is 0. The largest absolute Gasteiger partial charge is 0.359 e. The fraction of sp³-hybridized carbons (Fsp3) is 0.222. The first-order chi connectivity index (χ1) is 7.25. The molecule has 0 saturated carbocycles. The number of H-pyrrole nitrogens is 2. The van der Waals surface area contributed by atoms with Gasteiger partial charge in [0.15, 0.2) is 5.78 Å². The summed E-state index contributed by atoms with van der Waals surface area (Å²) in [4.78, 5) is 18.5. The van der Waals surface area contributed by atoms with E-state index in [1.807, 2.05) is 6.92 Å². The van der Waals surface area contributed by atoms with Crippen molar-refractivity contribution in [2.24, 2.45) is 0 Å². The molecule has 0 amide bonds. The summed E-state index contributed by atoms with van der Waals surface area (Å²) in [6.45, 7) is 1.82. The number of ketones is 1. The van der Waals surface area contributed by atoms with Crippen LogP contribution < -0.4 is 0 Å². The summed E-state index contributed by atoms with van der Waals surface area (Å²) in [6, 6.07) is 3.56. The van der Waals surface area contributed by atoms with Gasteiger partial charge < -0.3 is 4.98 Å². The molecule has 0 atom stereocenters. The van der Waals surface area contributed by atoms with Gasteiger partial charge in [0.2, 0.25) is 5.16 Å². The van der Waals surface area contributed by atoms with Crippen LogP contribution in [-0.2, 0) is 0 Å². The molecule has 0 aliphatic carbocycles. The first-order valence-corrected chi connectivity index (χ1v) is 5.42. The van der Waals surface area contributed by atoms with E-state index >= 15 is 0 Å². The normalized spacial score (nSPS) is 10.5. The summed E-state index contributed by atoms with van der Waals surface area (Å²) in [5, 5.41) is 7.26. The second kappa shape index (κ2) is 4.31. The number of aromatic amines is 2. The van der Waals surface area contributed by atoms with Crippen molar-refractivity contribution >= 4 is 17.5 Å². The number of aryl methyl sites for hydroxylation is 1. The topological polar surface area (TPSA) is 74.4 Å². The summed E-state index contributed by atoms with van der Waals surface area (Å²) in [5.74, 6) is 1.15. The lowest BCUT2D eigenvalue weighted by Gasteiger charge is -1.94. The van der Waals surface area contributed by atoms with Crippen molar-refractivity contribution in [1.82, 2.24) is 20.2 Å². The number of hydrogen-bond donors (Lipinski definition) is 2. The van der Waals surface area contributed by atoms with E-state index in [0.29, 0.717) is 16.6 Å². The van der Waals surface area contributed by atoms with E-state index in [1.165, 1.54) is 11.8 Å². The third-order valence-corrected chi connectivity index (χ3v) is 2.65. The first kappa shape index (κ1) is 9.97. The van der Waals surface area contributed by atoms with Gasteiger partial charge in [0.05, 0.1) is 11.4 Å². The molecule has 0 unspecified atom stereocenters. The molecule has 78 valence electrons. The van der Waals surface area contributed by atoms with Crippen molar-refractivity contribution in [2.75, 3.05) is 5.75 Å². The fourth-order valence-corrected chi connectivity index (χ4v) is 1.83. The molecule has 2 aromatic rings. The van der Waals surface area contributed by atoms with Gasteiger partial charge in [-0.05, 0) is 19.1 Å². The molecule has 0 spiro atoms. The maximum Gasteiger partial charge on any atom is 0.208 e. The van der Waals surface area contributed by atoms with Gasteiger partial charge in [-0.1, -0.05) is 11.8 Å². The molecule has 6 heteroatoms. The van der Waals surface area contributed by atoms with Crippen molar-refractivity contribution in [2.45, 2.75) is 12.1 Å². The molecule has 0 bridgehead atoms. The minimum absolute atomic E-state index is 0.0486. The van der Waals surface area contributed by atoms with Crippen LogP contribution >= 0.6 is 11.8 Å². The Bertz CT molecular complexity index is 448. The number of nitrogens with one attached hydrogen (secondary N) is 2. The highest BCUT2D eigenvalue weighted by atomic mass is 32.2. The van der Waals surface area contributed by atoms with Gasteiger partial charge in [0, 0.05) is 6.20 Å². The number of aromatic nitrogens is 4. The Morgan fingerprint density at radius 3 is 3.07 bits per heavy atom. The number of nitrogens with zero attached hydrogens (tertiary/aromatic N) is 2. The Labute approximate surface area is 90.7 Å². The standard InChI is InChI=1S/C9H10N4OS/c1-6-11-9(13-12-6)15-5-8(14)7-3-2-4-10-7/h2-4,10H,5H2,1H3,(H,11,12,13). The zero-order valence-electron chi connectivity index (χ0n) is 8.15. The molecule has 2 N–H and O–H groups in total. The molecule has 2 rings (SSSR count). The SMILES string of the molecule is Cc1nc(SCC(=O)c2ccc[nH]2)n[nH]1. The molecule has 2 aromatic heterocycles. The fourth-order valence-electron chi connectivity index (χ4n) is 1.10. The molecule has 0 aromatic carbocycles. The Balaban J connectivity index is 1.91. The van der Waals surface area contributed by atoms with Crippen molar-refractivity contribution in [3.05, 3.63) is 29.8 Å². The monoisotopic (exact) mass is 222 g/mol. The molecule has 0 aliphatic rings. The molecule has 15 heavy (non-hydrogen) atoms. The van der Waals surface area contributed by atoms with E-state index in [-0.39, 0.29) is 5.78 Å². The van der Waals surface area contributed by atoms with Crippen molar-refractivity contribution in [3.8, 4) is 0 Å². The second-order valence-electron chi connectivity index (χ2n) is 3.00. The Hall–Kier alpha value is -1.56. The van der Waals surface area contributed by atoms with Gasteiger partial charge in [-0.25, -0.2) is 4.98 Å². The zero-order chi connectivity index (χ0) is 10.7. The van der Waals surface area contributed by atoms with Gasteiger partial charge in [-0.15, -0.1) is 5.10 Å². The third kappa shape index (κ3) is 2.47. The maximum absolute atomic E-state index is 11.6. The lowest BCUT2D eigenvalue weighted by atomic mass is 10.3. The highest BCUT2D eigenvalue weighted by molar-refractivity contribution is 7.99. The highest BCUT2D eigenvalue weighted by Gasteiger charge is 2.08. The van der Waals surface area contributed by atoms with E-state index in [0.717, 1.165) is 5.82 Å². The van der Waals surface area contributed by atoms with E-state index < -0.39 is 0 Å². The van der Waals surface area contributed by atoms with Crippen molar-refractivity contribution in [1.29, 1.82) is 0 Å². The minimum Gasteiger partial charge on any atom is -0.359 e. The quantitative estimate of drug-likeness (QED) is 0.606. The lowest BCUT2D eigenvalue weighted by Crippen LogP contribution is -2.02. The Morgan fingerprint density at radius 1 is 1.60 bits per heavy atom. The van der Waals surface area contributed by atoms with Crippen LogP contribution in [0.15, 0.2) is 23.5 Å². The van der Waals surface area contributed by atoms with Crippen LogP contribution in [0.25, 0.3) is 0 Å². The molecule has 0 aliphatic heterocycles. The first-order valence-electron chi connectivity index (χ1n) is 4.44. The zero-order valence-corrected chi connectivity index (χ0v) is 8.97. The predicted molar refractivity (Wildman–Crippen MR) is 57.0 cm³/mol. The van der Waals surface area contributed by atoms with Crippen LogP contribution in [-0.4, -0.2) is 31.7 Å². The van der Waals surface area contributed by atoms with E-state index in [9.17, 15) is 4.79 Å². The number of carbonyl (C=O) groups excluding carboxylic acids is 1. The van der Waals surface area contributed by atoms with Gasteiger partial charge in [0.1, 0.15) is 5.82 Å². The Morgan fingerprint density at radius 2 is 2.47 bits per heavy atom. The average molecular weight is 222 g/mol. The third-order valence-electron chi connectivity index (χ3n) is 1.81. The van der Waals surface area contributed by atoms with Crippen molar-refractivity contribution in [3.63, 3.8) is 0 Å². The summed E-state index contributed by atoms with van der Waals surface area (Å²) < 4.78 is 0. The van der Waals surface area contributed by atoms with Gasteiger partial charge >= 0.3 is 0 Å². The smallest absolute Gasteiger partial charge is 0.208 e. The van der Waals surface area contributed by atoms with Crippen LogP contribution in [0.1, 0.15) is 16.3 Å². The minimum atomic E-state index is 0.0486. The number of rotatable bonds is 4. The highest BCUT2D eigenvalue weighted by Crippen LogP contribution is 2.13. The lowest BCUT2D eigenvalue weighted by molar-refractivity contribution is 0.101. The Kier molecular flexibility index (Phi) is 2.86. The molecule has 2 heterocycles. The van der Waals surface area contributed by atoms with Crippen molar-refractivity contribution < 1.29 is 4.79 Å². The summed E-state index contributed by atoms with van der Waals surface area (Å²) in [5.41, 5.74) is 0.620. The number of thioether (sulfide) groups is 1. The van der Waals surface area contributed by atoms with Gasteiger partial charge in [0.25, 0.3) is 0 Å². The molecular formula is C9H10N4OS.